The molecule has 9 aromatic carbocycles. The largest absolute Gasteiger partial charge is 0.310 e. The highest BCUT2D eigenvalue weighted by Crippen LogP contribution is 2.49. The van der Waals surface area contributed by atoms with E-state index in [4.69, 9.17) is 0 Å². The maximum Gasteiger partial charge on any atom is 0.0991 e. The average molecular weight is 690 g/mol. The highest BCUT2D eigenvalue weighted by Gasteiger charge is 2.34. The minimum absolute atomic E-state index is 0.158. The van der Waals surface area contributed by atoms with Crippen molar-refractivity contribution in [3.8, 4) is 6.07 Å². The highest BCUT2D eigenvalue weighted by molar-refractivity contribution is 6.16. The molecule has 0 saturated heterocycles. The molecule has 0 heterocycles. The lowest BCUT2D eigenvalue weighted by molar-refractivity contribution is 0.662. The lowest BCUT2D eigenvalue weighted by Crippen LogP contribution is -2.15. The second kappa shape index (κ2) is 12.3. The molecule has 2 heteroatoms. The monoisotopic (exact) mass is 689 g/mol. The van der Waals surface area contributed by atoms with E-state index in [9.17, 15) is 6.63 Å². The number of para-hydroxylation sites is 1. The number of rotatable bonds is 6. The number of hydrogen-bond acceptors (Lipinski definition) is 2. The van der Waals surface area contributed by atoms with E-state index in [1.54, 1.807) is 0 Å². The first-order chi connectivity index (χ1) is 26.9. The van der Waals surface area contributed by atoms with Crippen molar-refractivity contribution < 1.29 is 1.37 Å². The van der Waals surface area contributed by atoms with Gasteiger partial charge in [-0.15, -0.1) is 0 Å². The molecule has 0 bridgehead atoms. The highest BCUT2D eigenvalue weighted by atomic mass is 15.1. The molecule has 0 saturated carbocycles. The van der Waals surface area contributed by atoms with E-state index in [0.717, 1.165) is 50.1 Å². The third-order valence-corrected chi connectivity index (χ3v) is 11.3. The molecular formula is C52H36N2. The van der Waals surface area contributed by atoms with Crippen molar-refractivity contribution >= 4 is 71.8 Å². The van der Waals surface area contributed by atoms with E-state index in [1.165, 1.54) is 43.4 Å². The van der Waals surface area contributed by atoms with Crippen LogP contribution in [-0.2, 0) is 5.41 Å². The van der Waals surface area contributed by atoms with Gasteiger partial charge in [0.2, 0.25) is 0 Å². The first kappa shape index (κ1) is 30.7. The molecule has 0 amide bonds. The van der Waals surface area contributed by atoms with Gasteiger partial charge in [0.25, 0.3) is 0 Å². The van der Waals surface area contributed by atoms with Crippen molar-refractivity contribution in [2.24, 2.45) is 0 Å². The van der Waals surface area contributed by atoms with Crippen molar-refractivity contribution in [3.05, 3.63) is 209 Å². The van der Waals surface area contributed by atoms with Crippen LogP contribution in [0.3, 0.4) is 0 Å². The molecule has 0 atom stereocenters. The van der Waals surface area contributed by atoms with E-state index in [2.05, 4.69) is 152 Å². The van der Waals surface area contributed by atoms with Crippen LogP contribution in [0.25, 0.3) is 54.7 Å². The van der Waals surface area contributed by atoms with Crippen LogP contribution in [0.4, 0.5) is 17.1 Å². The van der Waals surface area contributed by atoms with Gasteiger partial charge in [-0.2, -0.15) is 5.26 Å². The van der Waals surface area contributed by atoms with E-state index >= 15 is 0 Å². The summed E-state index contributed by atoms with van der Waals surface area (Å²) < 4.78 is 9.89. The molecule has 0 fully saturated rings. The average Bonchev–Trinajstić information content (AvgIpc) is 3.47. The SMILES string of the molecule is [2H]/C(=C(/c1ccccc1)c1ccc2c(ccc3cc(N(c4ccccc4)c4ccc(C#N)cc4)ccc32)c1)c1cc2c3c(ccc4cccc(c43)C2(C)C)c1. The van der Waals surface area contributed by atoms with Gasteiger partial charge in [-0.3, -0.25) is 0 Å². The Kier molecular flexibility index (Phi) is 7.00. The summed E-state index contributed by atoms with van der Waals surface area (Å²) in [7, 11) is 0. The Morgan fingerprint density at radius 1 is 0.537 bits per heavy atom. The Morgan fingerprint density at radius 2 is 1.17 bits per heavy atom. The van der Waals surface area contributed by atoms with E-state index in [-0.39, 0.29) is 5.41 Å². The molecule has 0 radical (unpaired) electrons. The number of hydrogen-bond donors (Lipinski definition) is 0. The molecule has 9 aromatic rings. The normalized spacial score (nSPS) is 13.7. The van der Waals surface area contributed by atoms with Gasteiger partial charge in [0.1, 0.15) is 0 Å². The fourth-order valence-corrected chi connectivity index (χ4v) is 8.60. The Morgan fingerprint density at radius 3 is 1.93 bits per heavy atom. The van der Waals surface area contributed by atoms with Gasteiger partial charge in [-0.05, 0) is 143 Å². The molecule has 0 spiro atoms. The van der Waals surface area contributed by atoms with Gasteiger partial charge in [0.15, 0.2) is 0 Å². The number of nitriles is 1. The summed E-state index contributed by atoms with van der Waals surface area (Å²) in [4.78, 5) is 2.22. The van der Waals surface area contributed by atoms with Gasteiger partial charge in [-0.1, -0.05) is 129 Å². The third-order valence-electron chi connectivity index (χ3n) is 11.3. The maximum absolute atomic E-state index is 9.89. The van der Waals surface area contributed by atoms with E-state index < -0.39 is 0 Å². The van der Waals surface area contributed by atoms with E-state index in [1.807, 2.05) is 48.5 Å². The second-order valence-corrected chi connectivity index (χ2v) is 14.8. The topological polar surface area (TPSA) is 27.0 Å². The van der Waals surface area contributed by atoms with Crippen LogP contribution in [0.15, 0.2) is 176 Å². The molecule has 0 unspecified atom stereocenters. The van der Waals surface area contributed by atoms with Crippen molar-refractivity contribution in [1.29, 1.82) is 5.26 Å². The standard InChI is InChI=1S/C52H36N2/c1-52(2)48-15-9-12-37-18-21-41-28-35(30-49(52)51(41)50(37)48)29-47(36-10-5-3-6-11-36)39-22-26-45-38(31-39)19-20-40-32-44(25-27-46(40)45)54(42-13-7-4-8-14-42)43-23-16-34(33-53)17-24-43/h3-32H,1-2H3/b47-29+/i29D. The molecule has 254 valence electrons. The zero-order valence-electron chi connectivity index (χ0n) is 31.1. The van der Waals surface area contributed by atoms with E-state index in [0.29, 0.717) is 11.6 Å². The first-order valence-electron chi connectivity index (χ1n) is 19.0. The molecule has 0 aliphatic heterocycles. The van der Waals surface area contributed by atoms with Crippen LogP contribution < -0.4 is 4.90 Å². The summed E-state index contributed by atoms with van der Waals surface area (Å²) in [5.41, 5.74) is 10.1. The molecule has 0 aromatic heterocycles. The molecule has 1 aliphatic rings. The Hall–Kier alpha value is -6.95. The third kappa shape index (κ3) is 5.09. The lowest BCUT2D eigenvalue weighted by atomic mass is 9.81. The van der Waals surface area contributed by atoms with Crippen LogP contribution in [0.5, 0.6) is 0 Å². The number of anilines is 3. The number of fused-ring (bicyclic) bond motifs is 3. The van der Waals surface area contributed by atoms with Crippen LogP contribution in [-0.4, -0.2) is 0 Å². The van der Waals surface area contributed by atoms with Crippen molar-refractivity contribution in [3.63, 3.8) is 0 Å². The van der Waals surface area contributed by atoms with Gasteiger partial charge in [0, 0.05) is 22.5 Å². The zero-order chi connectivity index (χ0) is 37.3. The Bertz CT molecular complexity index is 3060. The van der Waals surface area contributed by atoms with Crippen LogP contribution in [0.1, 0.15) is 48.6 Å². The minimum atomic E-state index is -0.158. The van der Waals surface area contributed by atoms with Gasteiger partial charge in [-0.25, -0.2) is 0 Å². The predicted octanol–water partition coefficient (Wildman–Crippen LogP) is 13.9. The summed E-state index contributed by atoms with van der Waals surface area (Å²) in [6.45, 7) is 4.63. The number of benzene rings is 9. The first-order valence-corrected chi connectivity index (χ1v) is 18.5. The smallest absolute Gasteiger partial charge is 0.0991 e. The molecule has 2 nitrogen and oxygen atoms in total. The van der Waals surface area contributed by atoms with Crippen LogP contribution >= 0.6 is 0 Å². The predicted molar refractivity (Wildman–Crippen MR) is 228 cm³/mol. The molecule has 1 aliphatic carbocycles. The van der Waals surface area contributed by atoms with Gasteiger partial charge >= 0.3 is 0 Å². The Labute approximate surface area is 316 Å². The second-order valence-electron chi connectivity index (χ2n) is 14.8. The maximum atomic E-state index is 9.89. The molecule has 0 N–H and O–H groups in total. The van der Waals surface area contributed by atoms with Crippen LogP contribution in [0, 0.1) is 11.3 Å². The summed E-state index contributed by atoms with van der Waals surface area (Å²) in [5.74, 6) is 0. The summed E-state index contributed by atoms with van der Waals surface area (Å²) in [6, 6.07) is 64.5. The van der Waals surface area contributed by atoms with Gasteiger partial charge < -0.3 is 4.90 Å². The quantitative estimate of drug-likeness (QED) is 0.128. The van der Waals surface area contributed by atoms with Gasteiger partial charge in [0.05, 0.1) is 13.0 Å². The fraction of sp³-hybridized carbons (Fsp3) is 0.0577. The van der Waals surface area contributed by atoms with Crippen molar-refractivity contribution in [2.45, 2.75) is 19.3 Å². The Balaban J connectivity index is 1.10. The van der Waals surface area contributed by atoms with Crippen molar-refractivity contribution in [1.82, 2.24) is 0 Å². The molecule has 54 heavy (non-hydrogen) atoms. The number of nitrogens with zero attached hydrogens (tertiary/aromatic N) is 2. The summed E-state index contributed by atoms with van der Waals surface area (Å²) in [5, 5.41) is 19.1. The van der Waals surface area contributed by atoms with Crippen LogP contribution in [0.2, 0.25) is 0 Å². The summed E-state index contributed by atoms with van der Waals surface area (Å²) >= 11 is 0. The minimum Gasteiger partial charge on any atom is -0.310 e. The molecule has 10 rings (SSSR count). The summed E-state index contributed by atoms with van der Waals surface area (Å²) in [6.07, 6.45) is 0. The zero-order valence-corrected chi connectivity index (χ0v) is 30.1. The molecular weight excluding hydrogens is 653 g/mol. The lowest BCUT2D eigenvalue weighted by Gasteiger charge is -2.26. The van der Waals surface area contributed by atoms with Crippen molar-refractivity contribution in [2.75, 3.05) is 4.90 Å². The fourth-order valence-electron chi connectivity index (χ4n) is 8.60.